The Morgan fingerprint density at radius 2 is 2.11 bits per heavy atom. The number of oxazole rings is 1. The molecule has 28 heavy (non-hydrogen) atoms. The Labute approximate surface area is 187 Å². The van der Waals surface area contributed by atoms with Gasteiger partial charge in [-0.2, -0.15) is 0 Å². The van der Waals surface area contributed by atoms with E-state index in [0.29, 0.717) is 34.5 Å². The fourth-order valence-electron chi connectivity index (χ4n) is 3.41. The highest BCUT2D eigenvalue weighted by Gasteiger charge is 2.29. The van der Waals surface area contributed by atoms with Crippen molar-refractivity contribution in [1.82, 2.24) is 9.88 Å². The molecule has 2 heterocycles. The fourth-order valence-corrected chi connectivity index (χ4v) is 3.91. The number of aryl methyl sites for hydroxylation is 1. The summed E-state index contributed by atoms with van der Waals surface area (Å²) in [5, 5.41) is 1.07. The number of hydrogen-bond acceptors (Lipinski definition) is 4. The van der Waals surface area contributed by atoms with Crippen molar-refractivity contribution in [3.05, 3.63) is 40.3 Å². The molecule has 1 aliphatic heterocycles. The van der Waals surface area contributed by atoms with Gasteiger partial charge in [-0.05, 0) is 44.4 Å². The van der Waals surface area contributed by atoms with Crippen LogP contribution in [-0.4, -0.2) is 34.4 Å². The maximum absolute atomic E-state index is 12.6. The van der Waals surface area contributed by atoms with Gasteiger partial charge >= 0.3 is 0 Å². The molecule has 0 saturated carbocycles. The summed E-state index contributed by atoms with van der Waals surface area (Å²) in [5.41, 5.74) is 6.78. The second kappa shape index (κ2) is 11.3. The summed E-state index contributed by atoms with van der Waals surface area (Å²) >= 11 is 12.1. The smallest absolute Gasteiger partial charge is 0.223 e. The zero-order valence-corrected chi connectivity index (χ0v) is 18.7. The van der Waals surface area contributed by atoms with Crippen molar-refractivity contribution in [2.24, 2.45) is 5.73 Å². The number of carbonyl (C=O) groups excluding carboxylic acids is 1. The Bertz CT molecular complexity index is 782. The number of carbonyl (C=O) groups is 1. The molecule has 2 atom stereocenters. The van der Waals surface area contributed by atoms with Crippen LogP contribution in [0.3, 0.4) is 0 Å². The Hall–Kier alpha value is -0.980. The summed E-state index contributed by atoms with van der Waals surface area (Å²) in [6.07, 6.45) is 5.57. The first-order valence-electron chi connectivity index (χ1n) is 8.91. The van der Waals surface area contributed by atoms with E-state index in [-0.39, 0.29) is 42.8 Å². The molecule has 156 valence electrons. The molecule has 2 aromatic rings. The van der Waals surface area contributed by atoms with E-state index in [1.807, 2.05) is 11.8 Å². The van der Waals surface area contributed by atoms with Crippen molar-refractivity contribution < 1.29 is 9.21 Å². The quantitative estimate of drug-likeness (QED) is 0.658. The molecule has 2 unspecified atom stereocenters. The van der Waals surface area contributed by atoms with Crippen LogP contribution < -0.4 is 5.73 Å². The standard InChI is InChI=1S/C19H23Cl2N3O2.2ClH/c1-12(22)16-4-2-3-9-24(16)19(25)8-7-18-23-11-17(26-18)14-6-5-13(20)10-15(14)21;;/h5-6,10-12,16H,2-4,7-9,22H2,1H3;2*1H. The number of aromatic nitrogens is 1. The lowest BCUT2D eigenvalue weighted by molar-refractivity contribution is -0.135. The van der Waals surface area contributed by atoms with Gasteiger partial charge in [-0.25, -0.2) is 4.98 Å². The highest BCUT2D eigenvalue weighted by Crippen LogP contribution is 2.31. The molecular formula is C19H25Cl4N3O2. The summed E-state index contributed by atoms with van der Waals surface area (Å²) < 4.78 is 5.77. The molecule has 2 N–H and O–H groups in total. The number of nitrogens with two attached hydrogens (primary N) is 1. The number of amides is 1. The van der Waals surface area contributed by atoms with Crippen molar-refractivity contribution in [2.45, 2.75) is 51.1 Å². The summed E-state index contributed by atoms with van der Waals surface area (Å²) in [7, 11) is 0. The van der Waals surface area contributed by atoms with E-state index in [0.717, 1.165) is 31.4 Å². The summed E-state index contributed by atoms with van der Waals surface area (Å²) in [4.78, 5) is 18.8. The lowest BCUT2D eigenvalue weighted by atomic mass is 9.96. The Morgan fingerprint density at radius 3 is 2.79 bits per heavy atom. The average Bonchev–Trinajstić information content (AvgIpc) is 3.08. The third-order valence-corrected chi connectivity index (χ3v) is 5.33. The number of piperidine rings is 1. The zero-order valence-electron chi connectivity index (χ0n) is 15.6. The molecule has 5 nitrogen and oxygen atoms in total. The van der Waals surface area contributed by atoms with Gasteiger partial charge in [0.15, 0.2) is 11.7 Å². The molecule has 0 aliphatic carbocycles. The van der Waals surface area contributed by atoms with E-state index in [1.165, 1.54) is 0 Å². The van der Waals surface area contributed by atoms with Crippen molar-refractivity contribution in [3.8, 4) is 11.3 Å². The number of hydrogen-bond donors (Lipinski definition) is 1. The predicted molar refractivity (Wildman–Crippen MR) is 118 cm³/mol. The van der Waals surface area contributed by atoms with Crippen LogP contribution in [-0.2, 0) is 11.2 Å². The molecule has 1 aliphatic rings. The van der Waals surface area contributed by atoms with Gasteiger partial charge < -0.3 is 15.1 Å². The van der Waals surface area contributed by atoms with E-state index in [4.69, 9.17) is 33.4 Å². The Morgan fingerprint density at radius 1 is 1.36 bits per heavy atom. The number of rotatable bonds is 5. The number of likely N-dealkylation sites (tertiary alicyclic amines) is 1. The molecule has 0 spiro atoms. The van der Waals surface area contributed by atoms with Gasteiger partial charge in [0.05, 0.1) is 11.2 Å². The Balaban J connectivity index is 0.00000196. The zero-order chi connectivity index (χ0) is 18.7. The maximum Gasteiger partial charge on any atom is 0.223 e. The van der Waals surface area contributed by atoms with Crippen LogP contribution in [0.5, 0.6) is 0 Å². The fraction of sp³-hybridized carbons (Fsp3) is 0.474. The van der Waals surface area contributed by atoms with Crippen LogP contribution in [0.4, 0.5) is 0 Å². The molecule has 1 fully saturated rings. The average molecular weight is 469 g/mol. The third kappa shape index (κ3) is 6.01. The van der Waals surface area contributed by atoms with E-state index < -0.39 is 0 Å². The van der Waals surface area contributed by atoms with E-state index in [9.17, 15) is 4.79 Å². The monoisotopic (exact) mass is 467 g/mol. The minimum absolute atomic E-state index is 0. The first-order chi connectivity index (χ1) is 12.5. The van der Waals surface area contributed by atoms with Gasteiger partial charge in [0.1, 0.15) is 0 Å². The SMILES string of the molecule is CC(N)C1CCCCN1C(=O)CCc1ncc(-c2ccc(Cl)cc2Cl)o1.Cl.Cl. The van der Waals surface area contributed by atoms with Gasteiger partial charge in [-0.15, -0.1) is 24.8 Å². The van der Waals surface area contributed by atoms with Crippen LogP contribution in [0, 0.1) is 0 Å². The highest BCUT2D eigenvalue weighted by atomic mass is 35.5. The van der Waals surface area contributed by atoms with Gasteiger partial charge in [0, 0.05) is 42.1 Å². The van der Waals surface area contributed by atoms with Crippen LogP contribution in [0.15, 0.2) is 28.8 Å². The minimum atomic E-state index is -0.0142. The molecule has 1 amide bonds. The summed E-state index contributed by atoms with van der Waals surface area (Å²) in [6.45, 7) is 2.74. The minimum Gasteiger partial charge on any atom is -0.441 e. The van der Waals surface area contributed by atoms with Crippen molar-refractivity contribution in [1.29, 1.82) is 0 Å². The number of nitrogens with zero attached hydrogens (tertiary/aromatic N) is 2. The van der Waals surface area contributed by atoms with Gasteiger partial charge in [-0.1, -0.05) is 23.2 Å². The molecular weight excluding hydrogens is 444 g/mol. The highest BCUT2D eigenvalue weighted by molar-refractivity contribution is 6.36. The van der Waals surface area contributed by atoms with E-state index in [2.05, 4.69) is 4.98 Å². The molecule has 1 aromatic carbocycles. The van der Waals surface area contributed by atoms with Crippen molar-refractivity contribution in [2.75, 3.05) is 6.54 Å². The predicted octanol–water partition coefficient (Wildman–Crippen LogP) is 5.15. The molecule has 9 heteroatoms. The van der Waals surface area contributed by atoms with Crippen LogP contribution in [0.2, 0.25) is 10.0 Å². The van der Waals surface area contributed by atoms with E-state index in [1.54, 1.807) is 24.4 Å². The topological polar surface area (TPSA) is 72.4 Å². The third-order valence-electron chi connectivity index (χ3n) is 4.78. The number of halogens is 4. The van der Waals surface area contributed by atoms with Gasteiger partial charge in [-0.3, -0.25) is 4.79 Å². The summed E-state index contributed by atoms with van der Waals surface area (Å²) in [6, 6.07) is 5.32. The first kappa shape index (κ1) is 25.1. The number of benzene rings is 1. The first-order valence-corrected chi connectivity index (χ1v) is 9.66. The second-order valence-electron chi connectivity index (χ2n) is 6.75. The maximum atomic E-state index is 12.6. The van der Waals surface area contributed by atoms with Crippen molar-refractivity contribution >= 4 is 53.9 Å². The molecule has 1 saturated heterocycles. The van der Waals surface area contributed by atoms with E-state index >= 15 is 0 Å². The molecule has 0 bridgehead atoms. The molecule has 1 aromatic heterocycles. The summed E-state index contributed by atoms with van der Waals surface area (Å²) in [5.74, 6) is 1.20. The second-order valence-corrected chi connectivity index (χ2v) is 7.60. The van der Waals surface area contributed by atoms with Gasteiger partial charge in [0.25, 0.3) is 0 Å². The normalized spacial score (nSPS) is 17.4. The van der Waals surface area contributed by atoms with Crippen LogP contribution in [0.1, 0.15) is 38.5 Å². The van der Waals surface area contributed by atoms with Gasteiger partial charge in [0.2, 0.25) is 5.91 Å². The van der Waals surface area contributed by atoms with Crippen LogP contribution >= 0.6 is 48.0 Å². The van der Waals surface area contributed by atoms with Crippen LogP contribution in [0.25, 0.3) is 11.3 Å². The molecule has 0 radical (unpaired) electrons. The lowest BCUT2D eigenvalue weighted by Crippen LogP contribution is -2.51. The molecule has 3 rings (SSSR count). The lowest BCUT2D eigenvalue weighted by Gasteiger charge is -2.38. The Kier molecular flexibility index (Phi) is 10.1. The van der Waals surface area contributed by atoms with Crippen molar-refractivity contribution in [3.63, 3.8) is 0 Å². The largest absolute Gasteiger partial charge is 0.441 e.